The van der Waals surface area contributed by atoms with Gasteiger partial charge in [-0.15, -0.1) is 11.3 Å². The maximum atomic E-state index is 13.2. The van der Waals surface area contributed by atoms with Crippen LogP contribution in [0.4, 0.5) is 8.78 Å². The summed E-state index contributed by atoms with van der Waals surface area (Å²) in [5.41, 5.74) is 0.320. The highest BCUT2D eigenvalue weighted by Crippen LogP contribution is 2.20. The monoisotopic (exact) mass is 362 g/mol. The fourth-order valence-corrected chi connectivity index (χ4v) is 2.75. The van der Waals surface area contributed by atoms with Gasteiger partial charge in [-0.1, -0.05) is 6.07 Å². The molecule has 1 unspecified atom stereocenters. The van der Waals surface area contributed by atoms with Gasteiger partial charge in [-0.3, -0.25) is 4.79 Å². The number of aliphatic hydroxyl groups excluding tert-OH is 1. The summed E-state index contributed by atoms with van der Waals surface area (Å²) in [6.45, 7) is -0.168. The summed E-state index contributed by atoms with van der Waals surface area (Å²) in [5, 5.41) is 14.5. The Labute approximate surface area is 145 Å². The van der Waals surface area contributed by atoms with E-state index in [1.807, 2.05) is 0 Å². The van der Waals surface area contributed by atoms with Crippen molar-refractivity contribution in [1.82, 2.24) is 20.3 Å². The molecule has 9 heteroatoms. The summed E-state index contributed by atoms with van der Waals surface area (Å²) < 4.78 is 26.1. The van der Waals surface area contributed by atoms with Gasteiger partial charge in [0.2, 0.25) is 0 Å². The van der Waals surface area contributed by atoms with Crippen molar-refractivity contribution in [1.29, 1.82) is 0 Å². The minimum absolute atomic E-state index is 0.157. The number of hydrogen-bond acceptors (Lipinski definition) is 6. The Balaban J connectivity index is 1.63. The topological polar surface area (TPSA) is 88.0 Å². The molecule has 0 spiro atoms. The van der Waals surface area contributed by atoms with E-state index in [4.69, 9.17) is 0 Å². The molecule has 1 atom stereocenters. The van der Waals surface area contributed by atoms with E-state index in [-0.39, 0.29) is 17.8 Å². The van der Waals surface area contributed by atoms with Gasteiger partial charge < -0.3 is 10.4 Å². The molecule has 1 aromatic carbocycles. The van der Waals surface area contributed by atoms with Crippen molar-refractivity contribution in [3.63, 3.8) is 0 Å². The summed E-state index contributed by atoms with van der Waals surface area (Å²) in [6.07, 6.45) is 1.97. The molecule has 0 aliphatic carbocycles. The fourth-order valence-electron chi connectivity index (χ4n) is 2.01. The molecule has 3 rings (SSSR count). The summed E-state index contributed by atoms with van der Waals surface area (Å²) in [7, 11) is 0. The number of halogens is 2. The lowest BCUT2D eigenvalue weighted by Gasteiger charge is -2.12. The fraction of sp³-hybridized carbons (Fsp3) is 0.125. The van der Waals surface area contributed by atoms with E-state index in [2.05, 4.69) is 20.3 Å². The molecular formula is C16H12F2N4O2S. The van der Waals surface area contributed by atoms with Gasteiger partial charge in [0.25, 0.3) is 5.91 Å². The first-order chi connectivity index (χ1) is 12.0. The van der Waals surface area contributed by atoms with Crippen molar-refractivity contribution in [2.45, 2.75) is 6.10 Å². The molecule has 0 fully saturated rings. The van der Waals surface area contributed by atoms with Crippen LogP contribution in [0.25, 0.3) is 10.8 Å². The number of carbonyl (C=O) groups is 1. The predicted molar refractivity (Wildman–Crippen MR) is 86.8 cm³/mol. The van der Waals surface area contributed by atoms with Crippen LogP contribution in [0.5, 0.6) is 0 Å². The summed E-state index contributed by atoms with van der Waals surface area (Å²) in [5.74, 6) is -2.15. The second-order valence-corrected chi connectivity index (χ2v) is 5.87. The van der Waals surface area contributed by atoms with Crippen LogP contribution < -0.4 is 5.32 Å². The summed E-state index contributed by atoms with van der Waals surface area (Å²) in [6, 6.07) is 4.73. The molecule has 6 nitrogen and oxygen atoms in total. The van der Waals surface area contributed by atoms with Gasteiger partial charge in [0, 0.05) is 24.3 Å². The number of hydrogen-bond donors (Lipinski definition) is 2. The van der Waals surface area contributed by atoms with Crippen molar-refractivity contribution in [3.8, 4) is 10.8 Å². The summed E-state index contributed by atoms with van der Waals surface area (Å²) in [4.78, 5) is 24.3. The average Bonchev–Trinajstić information content (AvgIpc) is 3.12. The largest absolute Gasteiger partial charge is 0.387 e. The maximum Gasteiger partial charge on any atom is 0.270 e. The number of amides is 1. The van der Waals surface area contributed by atoms with E-state index < -0.39 is 23.6 Å². The first kappa shape index (κ1) is 17.1. The van der Waals surface area contributed by atoms with E-state index in [1.54, 1.807) is 23.8 Å². The van der Waals surface area contributed by atoms with E-state index in [0.29, 0.717) is 10.8 Å². The smallest absolute Gasteiger partial charge is 0.270 e. The zero-order chi connectivity index (χ0) is 17.8. The molecule has 0 saturated heterocycles. The number of nitrogens with one attached hydrogen (secondary N) is 1. The number of benzene rings is 1. The Kier molecular flexibility index (Phi) is 5.05. The molecule has 128 valence electrons. The van der Waals surface area contributed by atoms with Crippen LogP contribution in [0.2, 0.25) is 0 Å². The van der Waals surface area contributed by atoms with Crippen molar-refractivity contribution in [3.05, 3.63) is 64.9 Å². The molecule has 1 amide bonds. The zero-order valence-corrected chi connectivity index (χ0v) is 13.5. The van der Waals surface area contributed by atoms with E-state index in [0.717, 1.165) is 12.1 Å². The van der Waals surface area contributed by atoms with Crippen molar-refractivity contribution in [2.24, 2.45) is 0 Å². The van der Waals surface area contributed by atoms with Crippen LogP contribution in [0, 0.1) is 11.6 Å². The Morgan fingerprint density at radius 3 is 2.72 bits per heavy atom. The highest BCUT2D eigenvalue weighted by Gasteiger charge is 2.16. The molecule has 0 bridgehead atoms. The number of thiazole rings is 1. The van der Waals surface area contributed by atoms with Gasteiger partial charge in [-0.25, -0.2) is 23.7 Å². The predicted octanol–water partition coefficient (Wildman–Crippen LogP) is 2.34. The standard InChI is InChI=1S/C16H12F2N4O2S/c17-10-3-2-9(6-11(10)18)13(23)7-21-15(24)12-8-25-16(22-12)14-19-4-1-5-20-14/h1-6,8,13,23H,7H2,(H,21,24). The molecule has 0 aliphatic heterocycles. The van der Waals surface area contributed by atoms with Gasteiger partial charge in [-0.05, 0) is 23.8 Å². The first-order valence-electron chi connectivity index (χ1n) is 7.18. The Morgan fingerprint density at radius 2 is 2.00 bits per heavy atom. The van der Waals surface area contributed by atoms with E-state index in [9.17, 15) is 18.7 Å². The third-order valence-electron chi connectivity index (χ3n) is 3.28. The van der Waals surface area contributed by atoms with Crippen LogP contribution in [-0.2, 0) is 0 Å². The van der Waals surface area contributed by atoms with Crippen LogP contribution in [0.15, 0.2) is 42.0 Å². The molecule has 0 radical (unpaired) electrons. The normalized spacial score (nSPS) is 12.0. The minimum Gasteiger partial charge on any atom is -0.387 e. The molecule has 25 heavy (non-hydrogen) atoms. The van der Waals surface area contributed by atoms with Crippen LogP contribution in [-0.4, -0.2) is 32.5 Å². The van der Waals surface area contributed by atoms with Crippen molar-refractivity contribution in [2.75, 3.05) is 6.54 Å². The zero-order valence-electron chi connectivity index (χ0n) is 12.7. The Bertz CT molecular complexity index is 889. The van der Waals surface area contributed by atoms with Gasteiger partial charge in [0.15, 0.2) is 22.5 Å². The quantitative estimate of drug-likeness (QED) is 0.727. The van der Waals surface area contributed by atoms with Crippen LogP contribution in [0.3, 0.4) is 0 Å². The Morgan fingerprint density at radius 1 is 1.24 bits per heavy atom. The molecule has 0 aliphatic rings. The van der Waals surface area contributed by atoms with Crippen LogP contribution >= 0.6 is 11.3 Å². The maximum absolute atomic E-state index is 13.2. The lowest BCUT2D eigenvalue weighted by molar-refractivity contribution is 0.0912. The second kappa shape index (κ2) is 7.41. The van der Waals surface area contributed by atoms with E-state index in [1.165, 1.54) is 17.4 Å². The number of nitrogens with zero attached hydrogens (tertiary/aromatic N) is 3. The first-order valence-corrected chi connectivity index (χ1v) is 8.06. The highest BCUT2D eigenvalue weighted by molar-refractivity contribution is 7.13. The molecule has 2 aromatic heterocycles. The minimum atomic E-state index is -1.17. The number of carbonyl (C=O) groups excluding carboxylic acids is 1. The molecule has 2 heterocycles. The third-order valence-corrected chi connectivity index (χ3v) is 4.12. The number of aromatic nitrogens is 3. The van der Waals surface area contributed by atoms with E-state index >= 15 is 0 Å². The SMILES string of the molecule is O=C(NCC(O)c1ccc(F)c(F)c1)c1csc(-c2ncccn2)n1. The van der Waals surface area contributed by atoms with Crippen molar-refractivity contribution >= 4 is 17.2 Å². The third kappa shape index (κ3) is 4.01. The number of aliphatic hydroxyl groups is 1. The lowest BCUT2D eigenvalue weighted by atomic mass is 10.1. The summed E-state index contributed by atoms with van der Waals surface area (Å²) >= 11 is 1.21. The Hall–Kier alpha value is -2.78. The van der Waals surface area contributed by atoms with Gasteiger partial charge in [0.1, 0.15) is 5.69 Å². The second-order valence-electron chi connectivity index (χ2n) is 5.01. The molecule has 0 saturated carbocycles. The number of rotatable bonds is 5. The van der Waals surface area contributed by atoms with Gasteiger partial charge >= 0.3 is 0 Å². The highest BCUT2D eigenvalue weighted by atomic mass is 32.1. The van der Waals surface area contributed by atoms with Crippen LogP contribution in [0.1, 0.15) is 22.2 Å². The average molecular weight is 362 g/mol. The lowest BCUT2D eigenvalue weighted by Crippen LogP contribution is -2.28. The molecular weight excluding hydrogens is 350 g/mol. The molecule has 2 N–H and O–H groups in total. The van der Waals surface area contributed by atoms with Gasteiger partial charge in [-0.2, -0.15) is 0 Å². The van der Waals surface area contributed by atoms with Crippen molar-refractivity contribution < 1.29 is 18.7 Å². The molecule has 3 aromatic rings. The van der Waals surface area contributed by atoms with Gasteiger partial charge in [0.05, 0.1) is 6.10 Å².